The van der Waals surface area contributed by atoms with Gasteiger partial charge in [-0.05, 0) is 31.0 Å². The summed E-state index contributed by atoms with van der Waals surface area (Å²) in [5, 5.41) is 6.61. The first-order valence-electron chi connectivity index (χ1n) is 5.86. The second kappa shape index (κ2) is 6.50. The smallest absolute Gasteiger partial charge is 0.253 e. The van der Waals surface area contributed by atoms with Crippen molar-refractivity contribution in [1.82, 2.24) is 5.32 Å². The van der Waals surface area contributed by atoms with E-state index in [4.69, 9.17) is 11.6 Å². The van der Waals surface area contributed by atoms with Crippen LogP contribution in [0.15, 0.2) is 18.2 Å². The summed E-state index contributed by atoms with van der Waals surface area (Å²) in [7, 11) is 0. The van der Waals surface area contributed by atoms with Crippen molar-refractivity contribution >= 4 is 23.2 Å². The fourth-order valence-corrected chi connectivity index (χ4v) is 1.61. The van der Waals surface area contributed by atoms with Crippen LogP contribution >= 0.6 is 11.6 Å². The summed E-state index contributed by atoms with van der Waals surface area (Å²) in [6, 6.07) is 5.30. The Morgan fingerprint density at radius 2 is 2.12 bits per heavy atom. The van der Waals surface area contributed by atoms with E-state index >= 15 is 0 Å². The molecule has 1 amide bonds. The SMILES string of the molecule is CCNc1ccc(Cl)cc1C(=O)NCC(C)C. The fourth-order valence-electron chi connectivity index (χ4n) is 1.44. The van der Waals surface area contributed by atoms with Crippen LogP contribution in [0, 0.1) is 5.92 Å². The number of carbonyl (C=O) groups excluding carboxylic acids is 1. The Bertz CT molecular complexity index is 391. The van der Waals surface area contributed by atoms with Crippen LogP contribution in [0.2, 0.25) is 5.02 Å². The van der Waals surface area contributed by atoms with Gasteiger partial charge in [0.15, 0.2) is 0 Å². The van der Waals surface area contributed by atoms with Crippen LogP contribution in [-0.2, 0) is 0 Å². The maximum atomic E-state index is 12.0. The van der Waals surface area contributed by atoms with Gasteiger partial charge >= 0.3 is 0 Å². The van der Waals surface area contributed by atoms with Gasteiger partial charge in [0, 0.05) is 23.8 Å². The molecule has 0 aliphatic rings. The lowest BCUT2D eigenvalue weighted by Crippen LogP contribution is -2.28. The molecule has 0 radical (unpaired) electrons. The molecule has 0 heterocycles. The number of anilines is 1. The molecule has 0 atom stereocenters. The standard InChI is InChI=1S/C13H19ClN2O/c1-4-15-12-6-5-10(14)7-11(12)13(17)16-8-9(2)3/h5-7,9,15H,4,8H2,1-3H3,(H,16,17). The van der Waals surface area contributed by atoms with Crippen LogP contribution in [0.4, 0.5) is 5.69 Å². The molecule has 0 saturated heterocycles. The molecule has 0 saturated carbocycles. The average molecular weight is 255 g/mol. The van der Waals surface area contributed by atoms with E-state index in [0.717, 1.165) is 12.2 Å². The van der Waals surface area contributed by atoms with E-state index in [1.807, 2.05) is 13.0 Å². The van der Waals surface area contributed by atoms with E-state index in [2.05, 4.69) is 24.5 Å². The molecule has 0 fully saturated rings. The second-order valence-corrected chi connectivity index (χ2v) is 4.76. The van der Waals surface area contributed by atoms with Gasteiger partial charge in [-0.3, -0.25) is 4.79 Å². The zero-order chi connectivity index (χ0) is 12.8. The third-order valence-corrected chi connectivity index (χ3v) is 2.50. The van der Waals surface area contributed by atoms with Crippen LogP contribution < -0.4 is 10.6 Å². The summed E-state index contributed by atoms with van der Waals surface area (Å²) in [5.41, 5.74) is 1.41. The van der Waals surface area contributed by atoms with Crippen LogP contribution in [0.1, 0.15) is 31.1 Å². The van der Waals surface area contributed by atoms with Gasteiger partial charge in [-0.25, -0.2) is 0 Å². The maximum absolute atomic E-state index is 12.0. The molecule has 3 nitrogen and oxygen atoms in total. The largest absolute Gasteiger partial charge is 0.385 e. The first-order chi connectivity index (χ1) is 8.04. The van der Waals surface area contributed by atoms with Crippen molar-refractivity contribution in [3.8, 4) is 0 Å². The minimum absolute atomic E-state index is 0.0860. The molecule has 0 aromatic heterocycles. The Labute approximate surface area is 108 Å². The molecule has 0 bridgehead atoms. The summed E-state index contributed by atoms with van der Waals surface area (Å²) in [4.78, 5) is 12.0. The summed E-state index contributed by atoms with van der Waals surface area (Å²) < 4.78 is 0. The van der Waals surface area contributed by atoms with Gasteiger partial charge in [-0.15, -0.1) is 0 Å². The summed E-state index contributed by atoms with van der Waals surface area (Å²) >= 11 is 5.92. The number of nitrogens with one attached hydrogen (secondary N) is 2. The second-order valence-electron chi connectivity index (χ2n) is 4.32. The molecular formula is C13H19ClN2O. The first kappa shape index (κ1) is 13.8. The normalized spacial score (nSPS) is 10.4. The molecule has 1 rings (SSSR count). The predicted octanol–water partition coefficient (Wildman–Crippen LogP) is 3.16. The van der Waals surface area contributed by atoms with Crippen LogP contribution in [0.5, 0.6) is 0 Å². The molecule has 4 heteroatoms. The minimum Gasteiger partial charge on any atom is -0.385 e. The topological polar surface area (TPSA) is 41.1 Å². The molecular weight excluding hydrogens is 236 g/mol. The lowest BCUT2D eigenvalue weighted by molar-refractivity contribution is 0.0950. The Morgan fingerprint density at radius 3 is 2.71 bits per heavy atom. The van der Waals surface area contributed by atoms with Gasteiger partial charge in [0.25, 0.3) is 5.91 Å². The van der Waals surface area contributed by atoms with Gasteiger partial charge in [-0.2, -0.15) is 0 Å². The Morgan fingerprint density at radius 1 is 1.41 bits per heavy atom. The molecule has 94 valence electrons. The number of hydrogen-bond donors (Lipinski definition) is 2. The van der Waals surface area contributed by atoms with Gasteiger partial charge in [0.2, 0.25) is 0 Å². The molecule has 1 aromatic carbocycles. The van der Waals surface area contributed by atoms with Crippen molar-refractivity contribution in [2.75, 3.05) is 18.4 Å². The van der Waals surface area contributed by atoms with Gasteiger partial charge < -0.3 is 10.6 Å². The highest BCUT2D eigenvalue weighted by molar-refractivity contribution is 6.31. The van der Waals surface area contributed by atoms with Crippen molar-refractivity contribution in [3.05, 3.63) is 28.8 Å². The fraction of sp³-hybridized carbons (Fsp3) is 0.462. The number of hydrogen-bond acceptors (Lipinski definition) is 2. The summed E-state index contributed by atoms with van der Waals surface area (Å²) in [6.45, 7) is 7.54. The first-order valence-corrected chi connectivity index (χ1v) is 6.24. The summed E-state index contributed by atoms with van der Waals surface area (Å²) in [6.07, 6.45) is 0. The van der Waals surface area contributed by atoms with Gasteiger partial charge in [0.05, 0.1) is 5.56 Å². The van der Waals surface area contributed by atoms with E-state index in [-0.39, 0.29) is 5.91 Å². The third-order valence-electron chi connectivity index (χ3n) is 2.26. The van der Waals surface area contributed by atoms with Gasteiger partial charge in [-0.1, -0.05) is 25.4 Å². The van der Waals surface area contributed by atoms with Gasteiger partial charge in [0.1, 0.15) is 0 Å². The average Bonchev–Trinajstić information content (AvgIpc) is 2.28. The van der Waals surface area contributed by atoms with Crippen molar-refractivity contribution in [1.29, 1.82) is 0 Å². The Hall–Kier alpha value is -1.22. The van der Waals surface area contributed by atoms with Crippen LogP contribution in [0.3, 0.4) is 0 Å². The van der Waals surface area contributed by atoms with E-state index in [1.54, 1.807) is 12.1 Å². The predicted molar refractivity (Wildman–Crippen MR) is 72.8 cm³/mol. The van der Waals surface area contributed by atoms with Crippen molar-refractivity contribution in [2.24, 2.45) is 5.92 Å². The number of carbonyl (C=O) groups is 1. The number of rotatable bonds is 5. The van der Waals surface area contributed by atoms with E-state index < -0.39 is 0 Å². The molecule has 17 heavy (non-hydrogen) atoms. The highest BCUT2D eigenvalue weighted by Gasteiger charge is 2.11. The van der Waals surface area contributed by atoms with Crippen molar-refractivity contribution < 1.29 is 4.79 Å². The quantitative estimate of drug-likeness (QED) is 0.848. The van der Waals surface area contributed by atoms with E-state index in [1.165, 1.54) is 0 Å². The van der Waals surface area contributed by atoms with Crippen molar-refractivity contribution in [2.45, 2.75) is 20.8 Å². The zero-order valence-corrected chi connectivity index (χ0v) is 11.3. The Kier molecular flexibility index (Phi) is 5.29. The summed E-state index contributed by atoms with van der Waals surface area (Å²) in [5.74, 6) is 0.345. The lowest BCUT2D eigenvalue weighted by Gasteiger charge is -2.12. The molecule has 2 N–H and O–H groups in total. The molecule has 0 aliphatic carbocycles. The molecule has 0 unspecified atom stereocenters. The van der Waals surface area contributed by atoms with Crippen LogP contribution in [0.25, 0.3) is 0 Å². The highest BCUT2D eigenvalue weighted by Crippen LogP contribution is 2.20. The van der Waals surface area contributed by atoms with E-state index in [9.17, 15) is 4.79 Å². The van der Waals surface area contributed by atoms with E-state index in [0.29, 0.717) is 23.0 Å². The number of benzene rings is 1. The Balaban J connectivity index is 2.86. The number of amides is 1. The minimum atomic E-state index is -0.0860. The zero-order valence-electron chi connectivity index (χ0n) is 10.5. The highest BCUT2D eigenvalue weighted by atomic mass is 35.5. The monoisotopic (exact) mass is 254 g/mol. The molecule has 0 spiro atoms. The molecule has 0 aliphatic heterocycles. The van der Waals surface area contributed by atoms with Crippen molar-refractivity contribution in [3.63, 3.8) is 0 Å². The lowest BCUT2D eigenvalue weighted by atomic mass is 10.1. The molecule has 1 aromatic rings. The number of halogens is 1. The maximum Gasteiger partial charge on any atom is 0.253 e. The third kappa shape index (κ3) is 4.27. The van der Waals surface area contributed by atoms with Crippen LogP contribution in [-0.4, -0.2) is 19.0 Å².